The van der Waals surface area contributed by atoms with Crippen molar-refractivity contribution in [3.05, 3.63) is 0 Å². The van der Waals surface area contributed by atoms with Crippen LogP contribution in [0.15, 0.2) is 0 Å². The molecule has 0 aromatic heterocycles. The molecule has 30 fully saturated rings. The fourth-order valence-electron chi connectivity index (χ4n) is 15.0. The number of ether oxygens (including phenoxy) is 15. The number of thioether (sulfide) groups is 7. The molecule has 40 atom stereocenters. The Kier molecular flexibility index (Phi) is 50.0. The fourth-order valence-corrected chi connectivity index (χ4v) is 21.8. The van der Waals surface area contributed by atoms with Crippen LogP contribution in [0.2, 0.25) is 0 Å². The minimum absolute atomic E-state index is 0. The number of carbonyl (C=O) groups is 3. The van der Waals surface area contributed by atoms with Gasteiger partial charge in [-0.15, -0.1) is 0 Å². The molecule has 0 aromatic rings. The number of carboxylic acids is 3. The molecule has 30 aliphatic rings. The van der Waals surface area contributed by atoms with Crippen LogP contribution in [-0.4, -0.2) is 420 Å². The summed E-state index contributed by atoms with van der Waals surface area (Å²) in [5.74, 6) is -3.85. The zero-order valence-electron chi connectivity index (χ0n) is 67.4. The van der Waals surface area contributed by atoms with E-state index in [0.29, 0.717) is 48.7 Å². The Labute approximate surface area is 782 Å². The Morgan fingerprint density at radius 2 is 0.449 bits per heavy atom. The molecule has 118 heavy (non-hydrogen) atoms. The van der Waals surface area contributed by atoms with Crippen molar-refractivity contribution in [2.45, 2.75) is 332 Å². The molecule has 30 aliphatic heterocycles. The van der Waals surface area contributed by atoms with Gasteiger partial charge in [-0.2, -0.15) is 82.3 Å². The molecule has 16 bridgehead atoms. The number of hydrogen-bond donors (Lipinski definition) is 16. The standard InChI is InChI=1S/C71H120O37S7.3Na/c1-6-14-109-22-32-29-21-31-43(79)44(80)59(33(94-31)23-113-18-11-39(72)73)103-66-52(88)45(81)58(30(10-5)95-66)102-67-53(89)46(82)63(37(100-67)27-114-19-12-40(74)75)108-71-57(93)50(86)64(38(101-71)28-115-20-13-41(76)77)107-70-56(92)49(85)62(36(99-70)26-112-17-9-4)106-69-55(91)48(84)61(35(98-69)25-111-16-8-3)105-68-54(90)47(83)60(34(97-68)24-110-15-7-2)104-65(96-32)51(87)42(29)78;;;/h29-38,42-71,78-93H,6-28H2,1-5H3,(H,72,73)(H,74,75)(H,76,77);;;/q;3*+1/p-3/t29-,30?,31+,32?,33?,34?,35?,36?,37?,38?,42+,43?,44-,45-,46-,47-,48-,49-,50-,51?,52?,53?,54?,55?,56?,57?,58-,59-,60-,61-,62-,63-,64-,65+,66+,67+,68-,69-,70-,71-;;;/m1.../s1. The molecule has 0 amide bonds. The Morgan fingerprint density at radius 1 is 0.254 bits per heavy atom. The normalized spacial score (nSPS) is 43.9. The number of aliphatic carboxylic acids is 3. The topological polar surface area (TPSA) is 583 Å². The van der Waals surface area contributed by atoms with E-state index < -0.39 is 282 Å². The third-order valence-corrected chi connectivity index (χ3v) is 29.4. The van der Waals surface area contributed by atoms with Crippen LogP contribution in [0.5, 0.6) is 0 Å². The van der Waals surface area contributed by atoms with Gasteiger partial charge in [0.1, 0.15) is 134 Å². The van der Waals surface area contributed by atoms with Crippen LogP contribution in [0, 0.1) is 5.92 Å². The first-order chi connectivity index (χ1) is 55.0. The first-order valence-corrected chi connectivity index (χ1v) is 47.4. The van der Waals surface area contributed by atoms with Crippen molar-refractivity contribution in [3.63, 3.8) is 0 Å². The molecule has 0 radical (unpaired) electrons. The maximum atomic E-state index is 12.4. The van der Waals surface area contributed by atoms with Crippen molar-refractivity contribution in [2.24, 2.45) is 5.92 Å². The minimum Gasteiger partial charge on any atom is -0.550 e. The van der Waals surface area contributed by atoms with Gasteiger partial charge in [0.25, 0.3) is 0 Å². The summed E-state index contributed by atoms with van der Waals surface area (Å²) in [7, 11) is 0. The van der Waals surface area contributed by atoms with Crippen LogP contribution in [0.3, 0.4) is 0 Å². The summed E-state index contributed by atoms with van der Waals surface area (Å²) in [6, 6.07) is 0. The average Bonchev–Trinajstić information content (AvgIpc) is 0.772. The number of carboxylic acid groups (broad SMARTS) is 3. The van der Waals surface area contributed by atoms with Crippen molar-refractivity contribution < 1.29 is 271 Å². The largest absolute Gasteiger partial charge is 1.00 e. The Bertz CT molecular complexity index is 2900. The van der Waals surface area contributed by atoms with Gasteiger partial charge in [-0.25, -0.2) is 0 Å². The maximum absolute atomic E-state index is 12.4. The van der Waals surface area contributed by atoms with E-state index in [4.69, 9.17) is 71.1 Å². The minimum atomic E-state index is -2.17. The third-order valence-electron chi connectivity index (χ3n) is 21.1. The maximum Gasteiger partial charge on any atom is 1.00 e. The molecule has 30 saturated heterocycles. The molecule has 0 saturated carbocycles. The predicted molar refractivity (Wildman–Crippen MR) is 409 cm³/mol. The molecular weight excluding hydrogens is 1740 g/mol. The van der Waals surface area contributed by atoms with Crippen LogP contribution >= 0.6 is 82.3 Å². The van der Waals surface area contributed by atoms with Crippen molar-refractivity contribution >= 4 is 100 Å². The number of hydrogen-bond acceptors (Lipinski definition) is 44. The summed E-state index contributed by atoms with van der Waals surface area (Å²) >= 11 is 8.41. The van der Waals surface area contributed by atoms with Crippen LogP contribution in [0.1, 0.15) is 92.4 Å². The van der Waals surface area contributed by atoms with Gasteiger partial charge in [-0.1, -0.05) is 34.6 Å². The molecule has 0 spiro atoms. The Morgan fingerprint density at radius 3 is 0.686 bits per heavy atom. The van der Waals surface area contributed by atoms with E-state index in [2.05, 4.69) is 0 Å². The van der Waals surface area contributed by atoms with Crippen molar-refractivity contribution in [2.75, 3.05) is 80.5 Å². The number of aliphatic hydroxyl groups is 16. The molecule has 0 aliphatic carbocycles. The van der Waals surface area contributed by atoms with E-state index in [9.17, 15) is 111 Å². The molecule has 668 valence electrons. The first kappa shape index (κ1) is 109. The van der Waals surface area contributed by atoms with E-state index in [1.54, 1.807) is 6.92 Å². The van der Waals surface area contributed by atoms with E-state index in [0.717, 1.165) is 35.3 Å². The summed E-state index contributed by atoms with van der Waals surface area (Å²) in [5.41, 5.74) is 0. The van der Waals surface area contributed by atoms with Crippen molar-refractivity contribution in [3.8, 4) is 0 Å². The molecule has 37 nitrogen and oxygen atoms in total. The molecule has 47 heteroatoms. The summed E-state index contributed by atoms with van der Waals surface area (Å²) in [5, 5.41) is 229. The summed E-state index contributed by atoms with van der Waals surface area (Å²) in [4.78, 5) is 34.9. The van der Waals surface area contributed by atoms with Gasteiger partial charge >= 0.3 is 88.7 Å². The third kappa shape index (κ3) is 29.1. The van der Waals surface area contributed by atoms with Crippen LogP contribution < -0.4 is 104 Å². The van der Waals surface area contributed by atoms with Gasteiger partial charge < -0.3 is 182 Å². The van der Waals surface area contributed by atoms with Gasteiger partial charge in [0.2, 0.25) is 0 Å². The zero-order chi connectivity index (χ0) is 83.6. The average molecular weight is 1860 g/mol. The van der Waals surface area contributed by atoms with Crippen LogP contribution in [0.4, 0.5) is 0 Å². The van der Waals surface area contributed by atoms with Gasteiger partial charge in [0, 0.05) is 64.1 Å². The smallest absolute Gasteiger partial charge is 0.550 e. The molecule has 30 heterocycles. The monoisotopic (exact) mass is 1850 g/mol. The summed E-state index contributed by atoms with van der Waals surface area (Å²) in [6.45, 7) is 9.26. The number of rotatable bonds is 32. The Hall–Kier alpha value is 2.62. The van der Waals surface area contributed by atoms with Crippen molar-refractivity contribution in [1.82, 2.24) is 0 Å². The van der Waals surface area contributed by atoms with E-state index in [-0.39, 0.29) is 159 Å². The first-order valence-electron chi connectivity index (χ1n) is 39.3. The summed E-state index contributed by atoms with van der Waals surface area (Å²) < 4.78 is 95.8. The van der Waals surface area contributed by atoms with Gasteiger partial charge in [-0.05, 0) is 98.1 Å². The van der Waals surface area contributed by atoms with Gasteiger partial charge in [0.05, 0.1) is 61.0 Å². The van der Waals surface area contributed by atoms with E-state index in [1.165, 1.54) is 47.0 Å². The van der Waals surface area contributed by atoms with E-state index in [1.807, 2.05) is 27.7 Å². The number of aliphatic hydroxyl groups excluding tert-OH is 16. The van der Waals surface area contributed by atoms with Crippen LogP contribution in [0.25, 0.3) is 0 Å². The van der Waals surface area contributed by atoms with Crippen molar-refractivity contribution in [1.29, 1.82) is 0 Å². The second kappa shape index (κ2) is 54.0. The Balaban J connectivity index is 0.00000720. The van der Waals surface area contributed by atoms with Gasteiger partial charge in [0.15, 0.2) is 44.0 Å². The van der Waals surface area contributed by atoms with Crippen LogP contribution in [-0.2, 0) is 85.4 Å². The van der Waals surface area contributed by atoms with E-state index >= 15 is 0 Å². The molecule has 30 rings (SSSR count). The fraction of sp³-hybridized carbons (Fsp3) is 0.958. The zero-order valence-corrected chi connectivity index (χ0v) is 79.2. The molecular formula is C71H117Na3O37S7. The second-order valence-electron chi connectivity index (χ2n) is 29.8. The predicted octanol–water partition coefficient (Wildman–Crippen LogP) is -16.1. The quantitative estimate of drug-likeness (QED) is 0.0220. The SMILES string of the molecule is CCCSCC1O[C@H]2O[C@@H]3C(CSCCC)O[C@H](O[C@@H]4C(CSCCC)O[C@H](O[C@@H]5C(CSCCC)O[C@H](O[C@@H]6C(CSCCC(=O)[O-])O[C@H](O[C@@H]7C(CSCCC(=O)[O-])O[C@@H](O[C@@H]8C(CC)O[C@@H](O[C@@H]9C(CSCCC(=O)[O-])O[C@@H](C[C@H]1[C@H](O)C2O)C(O)[C@H]9O)C(O)[C@H]8O)C(O)[C@H]7O)C(O)[C@H]6O)C(O)[C@H]5O)C(O)[C@H]4O)C(O)[C@H]3O.[Na+].[Na+].[Na+]. The molecule has 16 N–H and O–H groups in total. The molecule has 16 unspecified atom stereocenters. The molecule has 0 aromatic carbocycles. The van der Waals surface area contributed by atoms with Gasteiger partial charge in [-0.3, -0.25) is 0 Å². The second-order valence-corrected chi connectivity index (χ2v) is 37.8. The number of carbonyl (C=O) groups excluding carboxylic acids is 3. The summed E-state index contributed by atoms with van der Waals surface area (Å²) in [6.07, 6.45) is -67.7.